The first kappa shape index (κ1) is 3.06. The average Bonchev–Trinajstić information content (AvgIpc) is 1.76. The van der Waals surface area contributed by atoms with Crippen molar-refractivity contribution in [2.24, 2.45) is 0 Å². The normalized spacial score (nSPS) is 19.2. The highest BCUT2D eigenvalue weighted by Crippen LogP contribution is 1.96. The smallest absolute Gasteiger partial charge is 0.0499 e. The Hall–Kier alpha value is -0.150. The van der Waals surface area contributed by atoms with Crippen LogP contribution in [-0.4, -0.2) is 0 Å². The first-order valence-corrected chi connectivity index (χ1v) is 2.13. The molecular weight excluding hydrogens is 84.1 g/mol. The molecule has 1 N–H and O–H groups in total. The second-order valence-corrected chi connectivity index (χ2v) is 1.31. The van der Waals surface area contributed by atoms with Gasteiger partial charge >= 0.3 is 0 Å². The van der Waals surface area contributed by atoms with E-state index in [0.29, 0.717) is 0 Å². The molecule has 0 aromatic rings. The van der Waals surface area contributed by atoms with Crippen LogP contribution >= 0.6 is 11.9 Å². The Morgan fingerprint density at radius 3 is 3.00 bits per heavy atom. The SMILES string of the molecule is C1=CSN[N]1. The lowest BCUT2D eigenvalue weighted by atomic mass is 11.1. The number of nitrogens with one attached hydrogen (secondary N) is 1. The Kier molecular flexibility index (Phi) is 0.813. The van der Waals surface area contributed by atoms with Crippen molar-refractivity contribution in [1.29, 1.82) is 0 Å². The molecule has 0 saturated heterocycles. The maximum absolute atomic E-state index is 3.62. The van der Waals surface area contributed by atoms with Crippen molar-refractivity contribution < 1.29 is 0 Å². The van der Waals surface area contributed by atoms with Gasteiger partial charge < -0.3 is 0 Å². The van der Waals surface area contributed by atoms with Gasteiger partial charge in [0, 0.05) is 11.6 Å². The molecule has 0 atom stereocenters. The fourth-order valence-electron chi connectivity index (χ4n) is 0.152. The van der Waals surface area contributed by atoms with Crippen LogP contribution in [0, 0.1) is 0 Å². The minimum absolute atomic E-state index is 1.48. The van der Waals surface area contributed by atoms with E-state index in [0.717, 1.165) is 0 Å². The third kappa shape index (κ3) is 0.560. The van der Waals surface area contributed by atoms with E-state index in [9.17, 15) is 0 Å². The zero-order chi connectivity index (χ0) is 3.54. The van der Waals surface area contributed by atoms with Gasteiger partial charge in [-0.1, -0.05) is 0 Å². The lowest BCUT2D eigenvalue weighted by Crippen LogP contribution is -2.02. The van der Waals surface area contributed by atoms with Gasteiger partial charge in [-0.25, -0.2) is 0 Å². The fourth-order valence-corrected chi connectivity index (χ4v) is 0.456. The molecule has 0 aliphatic carbocycles. The number of hydrogen-bond acceptors (Lipinski definition) is 2. The molecule has 0 fully saturated rings. The molecule has 0 unspecified atom stereocenters. The molecule has 0 saturated carbocycles. The summed E-state index contributed by atoms with van der Waals surface area (Å²) in [6, 6.07) is 0. The van der Waals surface area contributed by atoms with Crippen LogP contribution < -0.4 is 10.3 Å². The van der Waals surface area contributed by atoms with Crippen molar-refractivity contribution in [2.75, 3.05) is 0 Å². The molecule has 0 aromatic carbocycles. The summed E-state index contributed by atoms with van der Waals surface area (Å²) in [7, 11) is 0. The molecule has 1 radical (unpaired) electrons. The molecule has 1 heterocycles. The van der Waals surface area contributed by atoms with Crippen LogP contribution in [-0.2, 0) is 0 Å². The molecule has 0 aromatic heterocycles. The number of hydrogen-bond donors (Lipinski definition) is 1. The van der Waals surface area contributed by atoms with Gasteiger partial charge in [0.1, 0.15) is 0 Å². The number of rotatable bonds is 0. The van der Waals surface area contributed by atoms with Crippen LogP contribution in [0.3, 0.4) is 0 Å². The van der Waals surface area contributed by atoms with Gasteiger partial charge in [-0.05, 0) is 11.9 Å². The van der Waals surface area contributed by atoms with Crippen molar-refractivity contribution in [3.8, 4) is 0 Å². The third-order valence-corrected chi connectivity index (χ3v) is 0.777. The molecule has 0 amide bonds. The maximum atomic E-state index is 3.62. The summed E-state index contributed by atoms with van der Waals surface area (Å²) < 4.78 is 0. The first-order valence-electron chi connectivity index (χ1n) is 1.25. The van der Waals surface area contributed by atoms with Crippen molar-refractivity contribution >= 4 is 11.9 Å². The third-order valence-electron chi connectivity index (χ3n) is 0.309. The summed E-state index contributed by atoms with van der Waals surface area (Å²) in [6.07, 6.45) is 1.71. The summed E-state index contributed by atoms with van der Waals surface area (Å²) in [6.45, 7) is 0. The van der Waals surface area contributed by atoms with E-state index in [-0.39, 0.29) is 0 Å². The van der Waals surface area contributed by atoms with Gasteiger partial charge in [-0.3, -0.25) is 0 Å². The molecule has 1 aliphatic rings. The van der Waals surface area contributed by atoms with E-state index in [1.54, 1.807) is 6.20 Å². The Morgan fingerprint density at radius 1 is 1.80 bits per heavy atom. The van der Waals surface area contributed by atoms with E-state index in [4.69, 9.17) is 0 Å². The predicted molar refractivity (Wildman–Crippen MR) is 22.0 cm³/mol. The van der Waals surface area contributed by atoms with E-state index in [1.807, 2.05) is 5.41 Å². The monoisotopic (exact) mass is 87.0 g/mol. The zero-order valence-corrected chi connectivity index (χ0v) is 3.33. The van der Waals surface area contributed by atoms with Crippen LogP contribution in [0.2, 0.25) is 0 Å². The maximum Gasteiger partial charge on any atom is 0.0499 e. The van der Waals surface area contributed by atoms with Gasteiger partial charge in [0.15, 0.2) is 0 Å². The highest BCUT2D eigenvalue weighted by molar-refractivity contribution is 8.00. The van der Waals surface area contributed by atoms with E-state index < -0.39 is 0 Å². The Morgan fingerprint density at radius 2 is 2.80 bits per heavy atom. The molecule has 1 rings (SSSR count). The quantitative estimate of drug-likeness (QED) is 0.428. The standard InChI is InChI=1S/C2H3N2S/c1-2-5-4-3-1/h1-2,4H. The Bertz CT molecular complexity index is 45.6. The minimum Gasteiger partial charge on any atom is -0.199 e. The van der Waals surface area contributed by atoms with Crippen molar-refractivity contribution in [2.45, 2.75) is 0 Å². The molecular formula is C2H3N2S. The van der Waals surface area contributed by atoms with Gasteiger partial charge in [0.05, 0.1) is 0 Å². The van der Waals surface area contributed by atoms with E-state index in [1.165, 1.54) is 11.9 Å². The van der Waals surface area contributed by atoms with Gasteiger partial charge in [-0.2, -0.15) is 10.3 Å². The average molecular weight is 87.1 g/mol. The fraction of sp³-hybridized carbons (Fsp3) is 0. The topological polar surface area (TPSA) is 26.1 Å². The van der Waals surface area contributed by atoms with Crippen LogP contribution in [0.25, 0.3) is 0 Å². The molecule has 1 aliphatic heterocycles. The molecule has 0 spiro atoms. The van der Waals surface area contributed by atoms with Gasteiger partial charge in [-0.15, -0.1) is 0 Å². The summed E-state index contributed by atoms with van der Waals surface area (Å²) >= 11 is 1.48. The van der Waals surface area contributed by atoms with Crippen LogP contribution in [0.4, 0.5) is 0 Å². The predicted octanol–water partition coefficient (Wildman–Crippen LogP) is 0.228. The summed E-state index contributed by atoms with van der Waals surface area (Å²) in [5.41, 5.74) is 3.62. The summed E-state index contributed by atoms with van der Waals surface area (Å²) in [4.78, 5) is 2.65. The van der Waals surface area contributed by atoms with Crippen molar-refractivity contribution in [3.63, 3.8) is 0 Å². The largest absolute Gasteiger partial charge is 0.199 e. The molecule has 3 heteroatoms. The van der Waals surface area contributed by atoms with Gasteiger partial charge in [0.2, 0.25) is 0 Å². The summed E-state index contributed by atoms with van der Waals surface area (Å²) in [5, 5.41) is 1.88. The lowest BCUT2D eigenvalue weighted by Gasteiger charge is -1.76. The van der Waals surface area contributed by atoms with Crippen LogP contribution in [0.5, 0.6) is 0 Å². The zero-order valence-electron chi connectivity index (χ0n) is 2.51. The summed E-state index contributed by atoms with van der Waals surface area (Å²) in [5.74, 6) is 0. The van der Waals surface area contributed by atoms with E-state index in [2.05, 4.69) is 10.3 Å². The second kappa shape index (κ2) is 1.33. The van der Waals surface area contributed by atoms with Crippen LogP contribution in [0.15, 0.2) is 11.6 Å². The Balaban J connectivity index is 2.32. The van der Waals surface area contributed by atoms with Crippen molar-refractivity contribution in [1.82, 2.24) is 10.3 Å². The van der Waals surface area contributed by atoms with Gasteiger partial charge in [0.25, 0.3) is 0 Å². The molecule has 0 bridgehead atoms. The van der Waals surface area contributed by atoms with Crippen molar-refractivity contribution in [3.05, 3.63) is 11.6 Å². The Labute approximate surface area is 34.7 Å². The van der Waals surface area contributed by atoms with E-state index >= 15 is 0 Å². The lowest BCUT2D eigenvalue weighted by molar-refractivity contribution is 0.876. The first-order chi connectivity index (χ1) is 2.50. The minimum atomic E-state index is 1.48. The molecule has 27 valence electrons. The molecule has 5 heavy (non-hydrogen) atoms. The number of nitrogens with zero attached hydrogens (tertiary/aromatic N) is 1. The second-order valence-electron chi connectivity index (χ2n) is 0.623. The van der Waals surface area contributed by atoms with Crippen LogP contribution in [0.1, 0.15) is 0 Å². The highest BCUT2D eigenvalue weighted by Gasteiger charge is 1.82. The molecule has 2 nitrogen and oxygen atoms in total. The highest BCUT2D eigenvalue weighted by atomic mass is 32.2.